The van der Waals surface area contributed by atoms with E-state index in [0.29, 0.717) is 5.52 Å². The second-order valence-corrected chi connectivity index (χ2v) is 8.87. The monoisotopic (exact) mass is 208 g/mol. The molecule has 7 heteroatoms. The Labute approximate surface area is 82.2 Å². The van der Waals surface area contributed by atoms with Crippen LogP contribution in [-0.4, -0.2) is 32.9 Å². The number of aromatic nitrogens is 5. The zero-order valence-electron chi connectivity index (χ0n) is 8.39. The van der Waals surface area contributed by atoms with E-state index < -0.39 is 8.24 Å². The van der Waals surface area contributed by atoms with Crippen molar-refractivity contribution in [1.82, 2.24) is 24.6 Å². The molecule has 74 valence electrons. The Morgan fingerprint density at radius 3 is 2.71 bits per heavy atom. The number of rotatable bonds is 1. The maximum atomic E-state index is 5.52. The molecule has 0 atom stereocenters. The third kappa shape index (κ3) is 1.35. The van der Waals surface area contributed by atoms with Gasteiger partial charge in [0.15, 0.2) is 13.9 Å². The maximum absolute atomic E-state index is 5.52. The Hall–Kier alpha value is -1.50. The molecule has 14 heavy (non-hydrogen) atoms. The van der Waals surface area contributed by atoms with E-state index in [9.17, 15) is 0 Å². The Morgan fingerprint density at radius 1 is 1.36 bits per heavy atom. The highest BCUT2D eigenvalue weighted by atomic mass is 28.3. The molecular weight excluding hydrogens is 196 g/mol. The molecule has 2 aromatic rings. The van der Waals surface area contributed by atoms with Crippen LogP contribution in [0.4, 0.5) is 5.95 Å². The van der Waals surface area contributed by atoms with Crippen LogP contribution in [0.5, 0.6) is 0 Å². The van der Waals surface area contributed by atoms with Gasteiger partial charge in [0, 0.05) is 0 Å². The van der Waals surface area contributed by atoms with E-state index in [4.69, 9.17) is 5.73 Å². The number of nitrogens with zero attached hydrogens (tertiary/aromatic N) is 5. The lowest BCUT2D eigenvalue weighted by molar-refractivity contribution is 0.856. The Bertz CT molecular complexity index is 470. The molecule has 0 aromatic carbocycles. The summed E-state index contributed by atoms with van der Waals surface area (Å²) in [6.07, 6.45) is 1.60. The van der Waals surface area contributed by atoms with Gasteiger partial charge in [0.1, 0.15) is 5.52 Å². The van der Waals surface area contributed by atoms with E-state index in [0.717, 1.165) is 5.65 Å². The van der Waals surface area contributed by atoms with Crippen molar-refractivity contribution in [3.63, 3.8) is 0 Å². The molecule has 0 saturated heterocycles. The highest BCUT2D eigenvalue weighted by Crippen LogP contribution is 2.13. The van der Waals surface area contributed by atoms with E-state index in [1.54, 1.807) is 6.20 Å². The SMILES string of the molecule is C[Si](C)(C)n1nnc2cnc(N)nc21. The lowest BCUT2D eigenvalue weighted by Gasteiger charge is -2.15. The summed E-state index contributed by atoms with van der Waals surface area (Å²) in [5.41, 5.74) is 6.95. The minimum atomic E-state index is -1.57. The van der Waals surface area contributed by atoms with Crippen LogP contribution in [0.2, 0.25) is 19.6 Å². The van der Waals surface area contributed by atoms with E-state index in [-0.39, 0.29) is 5.95 Å². The van der Waals surface area contributed by atoms with Crippen LogP contribution in [-0.2, 0) is 0 Å². The number of fused-ring (bicyclic) bond motifs is 1. The van der Waals surface area contributed by atoms with Gasteiger partial charge in [-0.25, -0.2) is 4.98 Å². The smallest absolute Gasteiger partial charge is 0.222 e. The molecule has 0 fully saturated rings. The fourth-order valence-corrected chi connectivity index (χ4v) is 2.31. The van der Waals surface area contributed by atoms with Crippen molar-refractivity contribution in [3.05, 3.63) is 6.20 Å². The van der Waals surface area contributed by atoms with Gasteiger partial charge in [0.25, 0.3) is 0 Å². The fourth-order valence-electron chi connectivity index (χ4n) is 1.19. The van der Waals surface area contributed by atoms with Gasteiger partial charge in [-0.15, -0.1) is 5.10 Å². The zero-order chi connectivity index (χ0) is 10.3. The summed E-state index contributed by atoms with van der Waals surface area (Å²) < 4.78 is 1.88. The van der Waals surface area contributed by atoms with Gasteiger partial charge in [0.2, 0.25) is 5.95 Å². The van der Waals surface area contributed by atoms with Crippen LogP contribution in [0.1, 0.15) is 0 Å². The molecule has 0 aliphatic heterocycles. The number of nitrogens with two attached hydrogens (primary N) is 1. The van der Waals surface area contributed by atoms with Crippen LogP contribution in [0, 0.1) is 0 Å². The van der Waals surface area contributed by atoms with Crippen molar-refractivity contribution in [3.8, 4) is 0 Å². The molecular formula is C7H12N6Si. The van der Waals surface area contributed by atoms with E-state index in [1.807, 2.05) is 4.35 Å². The van der Waals surface area contributed by atoms with E-state index in [1.165, 1.54) is 0 Å². The fraction of sp³-hybridized carbons (Fsp3) is 0.429. The lowest BCUT2D eigenvalue weighted by atomic mass is 10.6. The van der Waals surface area contributed by atoms with Crippen molar-refractivity contribution in [1.29, 1.82) is 0 Å². The lowest BCUT2D eigenvalue weighted by Crippen LogP contribution is -2.33. The van der Waals surface area contributed by atoms with Gasteiger partial charge >= 0.3 is 0 Å². The van der Waals surface area contributed by atoms with Crippen molar-refractivity contribution in [2.45, 2.75) is 19.6 Å². The molecule has 2 aromatic heterocycles. The molecule has 0 aliphatic rings. The van der Waals surface area contributed by atoms with Crippen LogP contribution >= 0.6 is 0 Å². The van der Waals surface area contributed by atoms with Gasteiger partial charge in [-0.05, 0) is 19.6 Å². The molecule has 0 unspecified atom stereocenters. The molecule has 2 N–H and O–H groups in total. The summed E-state index contributed by atoms with van der Waals surface area (Å²) in [4.78, 5) is 8.01. The quantitative estimate of drug-likeness (QED) is 0.689. The first kappa shape index (κ1) is 9.07. The molecule has 0 radical (unpaired) electrons. The summed E-state index contributed by atoms with van der Waals surface area (Å²) in [5, 5.41) is 8.07. The number of hydrogen-bond acceptors (Lipinski definition) is 5. The first-order valence-electron chi connectivity index (χ1n) is 4.33. The largest absolute Gasteiger partial charge is 0.368 e. The standard InChI is InChI=1S/C7H12N6Si/c1-14(2,3)13-6-5(11-12-13)4-9-7(8)10-6/h4H,1-3H3,(H2,8,9,10). The zero-order valence-corrected chi connectivity index (χ0v) is 9.39. The van der Waals surface area contributed by atoms with Crippen molar-refractivity contribution >= 4 is 25.3 Å². The Morgan fingerprint density at radius 2 is 2.07 bits per heavy atom. The third-order valence-electron chi connectivity index (χ3n) is 1.85. The normalized spacial score (nSPS) is 12.2. The second-order valence-electron chi connectivity index (χ2n) is 4.11. The van der Waals surface area contributed by atoms with Gasteiger partial charge < -0.3 is 5.73 Å². The molecule has 2 rings (SSSR count). The molecule has 2 heterocycles. The van der Waals surface area contributed by atoms with Gasteiger partial charge in [-0.1, -0.05) is 5.21 Å². The van der Waals surface area contributed by atoms with Crippen molar-refractivity contribution in [2.75, 3.05) is 5.73 Å². The predicted octanol–water partition coefficient (Wildman–Crippen LogP) is 0.486. The van der Waals surface area contributed by atoms with Crippen molar-refractivity contribution < 1.29 is 0 Å². The average Bonchev–Trinajstić information content (AvgIpc) is 2.45. The second kappa shape index (κ2) is 2.74. The van der Waals surface area contributed by atoms with Crippen LogP contribution in [0.25, 0.3) is 11.2 Å². The van der Waals surface area contributed by atoms with Crippen molar-refractivity contribution in [2.24, 2.45) is 0 Å². The summed E-state index contributed by atoms with van der Waals surface area (Å²) in [6.45, 7) is 6.50. The molecule has 0 bridgehead atoms. The number of anilines is 1. The minimum Gasteiger partial charge on any atom is -0.368 e. The first-order chi connectivity index (χ1) is 6.48. The summed E-state index contributed by atoms with van der Waals surface area (Å²) in [7, 11) is -1.57. The van der Waals surface area contributed by atoms with Crippen LogP contribution in [0.3, 0.4) is 0 Å². The molecule has 6 nitrogen and oxygen atoms in total. The molecule has 0 aliphatic carbocycles. The van der Waals surface area contributed by atoms with Gasteiger partial charge in [-0.3, -0.25) is 4.35 Å². The van der Waals surface area contributed by atoms with Gasteiger partial charge in [0.05, 0.1) is 6.20 Å². The average molecular weight is 208 g/mol. The molecule has 0 amide bonds. The minimum absolute atomic E-state index is 0.263. The highest BCUT2D eigenvalue weighted by molar-refractivity contribution is 6.74. The predicted molar refractivity (Wildman–Crippen MR) is 56.3 cm³/mol. The van der Waals surface area contributed by atoms with E-state index >= 15 is 0 Å². The topological polar surface area (TPSA) is 82.5 Å². The molecule has 0 spiro atoms. The van der Waals surface area contributed by atoms with Crippen LogP contribution in [0.15, 0.2) is 6.20 Å². The number of hydrogen-bond donors (Lipinski definition) is 1. The number of nitrogen functional groups attached to an aromatic ring is 1. The maximum Gasteiger partial charge on any atom is 0.222 e. The summed E-state index contributed by atoms with van der Waals surface area (Å²) in [5.74, 6) is 0.263. The van der Waals surface area contributed by atoms with Gasteiger partial charge in [-0.2, -0.15) is 4.98 Å². The highest BCUT2D eigenvalue weighted by Gasteiger charge is 2.21. The Balaban J connectivity index is 2.73. The first-order valence-corrected chi connectivity index (χ1v) is 7.77. The van der Waals surface area contributed by atoms with Crippen LogP contribution < -0.4 is 5.73 Å². The summed E-state index contributed by atoms with van der Waals surface area (Å²) in [6, 6.07) is 0. The Kier molecular flexibility index (Phi) is 1.78. The summed E-state index contributed by atoms with van der Waals surface area (Å²) >= 11 is 0. The molecule has 0 saturated carbocycles. The third-order valence-corrected chi connectivity index (χ3v) is 3.42. The van der Waals surface area contributed by atoms with E-state index in [2.05, 4.69) is 39.9 Å².